The SMILES string of the molecule is CC(=O)Nc1ccc(NC(=O)COC(=O)c2ccc3c(c2)S(=O)(=O)c2ccccc2C3=O)cc1. The molecule has 3 aromatic carbocycles. The van der Waals surface area contributed by atoms with Crippen molar-refractivity contribution in [3.63, 3.8) is 0 Å². The third-order valence-electron chi connectivity index (χ3n) is 5.00. The largest absolute Gasteiger partial charge is 0.452 e. The molecule has 3 aromatic rings. The zero-order valence-electron chi connectivity index (χ0n) is 17.8. The minimum Gasteiger partial charge on any atom is -0.452 e. The molecule has 0 fully saturated rings. The van der Waals surface area contributed by atoms with Crippen LogP contribution < -0.4 is 10.6 Å². The number of carbonyl (C=O) groups excluding carboxylic acids is 4. The van der Waals surface area contributed by atoms with Crippen molar-refractivity contribution in [2.24, 2.45) is 0 Å². The number of anilines is 2. The highest BCUT2D eigenvalue weighted by Gasteiger charge is 2.35. The molecule has 0 bridgehead atoms. The summed E-state index contributed by atoms with van der Waals surface area (Å²) in [5, 5.41) is 5.13. The highest BCUT2D eigenvalue weighted by atomic mass is 32.2. The summed E-state index contributed by atoms with van der Waals surface area (Å²) in [4.78, 5) is 47.9. The molecule has 1 aliphatic heterocycles. The molecule has 0 saturated heterocycles. The molecule has 9 nitrogen and oxygen atoms in total. The Hall–Kier alpha value is -4.31. The highest BCUT2D eigenvalue weighted by Crippen LogP contribution is 2.34. The van der Waals surface area contributed by atoms with Gasteiger partial charge in [-0.25, -0.2) is 13.2 Å². The van der Waals surface area contributed by atoms with Crippen LogP contribution in [0, 0.1) is 0 Å². The molecule has 2 N–H and O–H groups in total. The van der Waals surface area contributed by atoms with E-state index in [4.69, 9.17) is 4.74 Å². The van der Waals surface area contributed by atoms with Gasteiger partial charge in [0.15, 0.2) is 12.4 Å². The third-order valence-corrected chi connectivity index (χ3v) is 6.85. The monoisotopic (exact) mass is 478 g/mol. The van der Waals surface area contributed by atoms with Gasteiger partial charge in [-0.05, 0) is 54.6 Å². The van der Waals surface area contributed by atoms with Crippen LogP contribution in [0.25, 0.3) is 0 Å². The van der Waals surface area contributed by atoms with Crippen molar-refractivity contribution < 1.29 is 32.3 Å². The number of benzene rings is 3. The maximum absolute atomic E-state index is 13.0. The fourth-order valence-corrected chi connectivity index (χ4v) is 5.14. The molecule has 0 aromatic heterocycles. The minimum absolute atomic E-state index is 0.0318. The molecular formula is C24H18N2O7S. The van der Waals surface area contributed by atoms with Crippen LogP contribution in [0.1, 0.15) is 33.2 Å². The summed E-state index contributed by atoms with van der Waals surface area (Å²) in [6, 6.07) is 15.8. The number of carbonyl (C=O) groups is 4. The van der Waals surface area contributed by atoms with Crippen molar-refractivity contribution in [1.82, 2.24) is 0 Å². The average Bonchev–Trinajstić information content (AvgIpc) is 2.82. The first-order chi connectivity index (χ1) is 16.2. The molecule has 10 heteroatoms. The van der Waals surface area contributed by atoms with E-state index in [0.29, 0.717) is 11.4 Å². The number of sulfone groups is 1. The first kappa shape index (κ1) is 22.9. The molecule has 0 unspecified atom stereocenters. The first-order valence-electron chi connectivity index (χ1n) is 10.0. The van der Waals surface area contributed by atoms with Gasteiger partial charge in [-0.1, -0.05) is 12.1 Å². The second kappa shape index (κ2) is 8.91. The van der Waals surface area contributed by atoms with E-state index in [1.807, 2.05) is 0 Å². The number of fused-ring (bicyclic) bond motifs is 2. The summed E-state index contributed by atoms with van der Waals surface area (Å²) in [5.41, 5.74) is 0.914. The molecular weight excluding hydrogens is 460 g/mol. The second-order valence-corrected chi connectivity index (χ2v) is 9.31. The van der Waals surface area contributed by atoms with Gasteiger partial charge < -0.3 is 15.4 Å². The van der Waals surface area contributed by atoms with E-state index >= 15 is 0 Å². The van der Waals surface area contributed by atoms with Gasteiger partial charge in [0.2, 0.25) is 15.7 Å². The van der Waals surface area contributed by atoms with E-state index < -0.39 is 34.1 Å². The molecule has 1 heterocycles. The van der Waals surface area contributed by atoms with Gasteiger partial charge in [0, 0.05) is 29.4 Å². The Morgan fingerprint density at radius 1 is 0.824 bits per heavy atom. The lowest BCUT2D eigenvalue weighted by atomic mass is 10.0. The van der Waals surface area contributed by atoms with Crippen LogP contribution in [0.15, 0.2) is 76.5 Å². The van der Waals surface area contributed by atoms with E-state index in [9.17, 15) is 27.6 Å². The summed E-state index contributed by atoms with van der Waals surface area (Å²) in [5.74, 6) is -2.22. The van der Waals surface area contributed by atoms with Crippen LogP contribution in [-0.4, -0.2) is 38.6 Å². The fraction of sp³-hybridized carbons (Fsp3) is 0.0833. The summed E-state index contributed by atoms with van der Waals surface area (Å²) in [7, 11) is -4.01. The van der Waals surface area contributed by atoms with Gasteiger partial charge in [0.25, 0.3) is 5.91 Å². The van der Waals surface area contributed by atoms with Crippen molar-refractivity contribution in [3.8, 4) is 0 Å². The summed E-state index contributed by atoms with van der Waals surface area (Å²) in [6.07, 6.45) is 0. The molecule has 34 heavy (non-hydrogen) atoms. The number of hydrogen-bond acceptors (Lipinski definition) is 7. The Labute approximate surface area is 194 Å². The Bertz CT molecular complexity index is 1440. The van der Waals surface area contributed by atoms with E-state index in [1.165, 1.54) is 37.3 Å². The van der Waals surface area contributed by atoms with Crippen molar-refractivity contribution >= 4 is 44.8 Å². The number of ether oxygens (including phenoxy) is 1. The van der Waals surface area contributed by atoms with Gasteiger partial charge in [-0.15, -0.1) is 0 Å². The average molecular weight is 478 g/mol. The van der Waals surface area contributed by atoms with Crippen molar-refractivity contribution in [1.29, 1.82) is 0 Å². The summed E-state index contributed by atoms with van der Waals surface area (Å²) in [6.45, 7) is 0.761. The predicted molar refractivity (Wildman–Crippen MR) is 121 cm³/mol. The van der Waals surface area contributed by atoms with Crippen LogP contribution in [0.5, 0.6) is 0 Å². The van der Waals surface area contributed by atoms with Crippen LogP contribution in [-0.2, 0) is 24.2 Å². The third kappa shape index (κ3) is 4.44. The molecule has 0 radical (unpaired) electrons. The normalized spacial score (nSPS) is 13.3. The smallest absolute Gasteiger partial charge is 0.338 e. The molecule has 0 aliphatic carbocycles. The molecule has 2 amide bonds. The van der Waals surface area contributed by atoms with Crippen molar-refractivity contribution in [3.05, 3.63) is 83.4 Å². The lowest BCUT2D eigenvalue weighted by Gasteiger charge is -2.19. The van der Waals surface area contributed by atoms with E-state index in [1.54, 1.807) is 30.3 Å². The van der Waals surface area contributed by atoms with Gasteiger partial charge >= 0.3 is 5.97 Å². The maximum Gasteiger partial charge on any atom is 0.338 e. The highest BCUT2D eigenvalue weighted by molar-refractivity contribution is 7.91. The number of nitrogens with one attached hydrogen (secondary N) is 2. The standard InChI is InChI=1S/C24H18N2O7S/c1-14(27)25-16-7-9-17(10-8-16)26-22(28)13-33-24(30)15-6-11-19-21(12-15)34(31,32)20-5-3-2-4-18(20)23(19)29/h2-12H,13H2,1H3,(H,25,27)(H,26,28). The quantitative estimate of drug-likeness (QED) is 0.421. The van der Waals surface area contributed by atoms with E-state index in [-0.39, 0.29) is 32.4 Å². The first-order valence-corrected chi connectivity index (χ1v) is 11.5. The molecule has 0 saturated carbocycles. The van der Waals surface area contributed by atoms with Gasteiger partial charge in [-0.3, -0.25) is 14.4 Å². The Kier molecular flexibility index (Phi) is 5.99. The molecule has 0 atom stereocenters. The van der Waals surface area contributed by atoms with Crippen LogP contribution in [0.4, 0.5) is 11.4 Å². The number of amides is 2. The number of ketones is 1. The van der Waals surface area contributed by atoms with Crippen molar-refractivity contribution in [2.45, 2.75) is 16.7 Å². The number of rotatable bonds is 5. The zero-order chi connectivity index (χ0) is 24.5. The Balaban J connectivity index is 1.44. The van der Waals surface area contributed by atoms with Crippen LogP contribution in [0.2, 0.25) is 0 Å². The topological polar surface area (TPSA) is 136 Å². The Morgan fingerprint density at radius 2 is 1.44 bits per heavy atom. The molecule has 1 aliphatic rings. The maximum atomic E-state index is 13.0. The van der Waals surface area contributed by atoms with E-state index in [2.05, 4.69) is 10.6 Å². The predicted octanol–water partition coefficient (Wildman–Crippen LogP) is 2.82. The second-order valence-electron chi connectivity index (χ2n) is 7.42. The molecule has 172 valence electrons. The van der Waals surface area contributed by atoms with Gasteiger partial charge in [0.05, 0.1) is 15.4 Å². The summed E-state index contributed by atoms with van der Waals surface area (Å²) < 4.78 is 31.0. The molecule has 0 spiro atoms. The molecule has 4 rings (SSSR count). The lowest BCUT2D eigenvalue weighted by molar-refractivity contribution is -0.119. The fourth-order valence-electron chi connectivity index (χ4n) is 3.46. The van der Waals surface area contributed by atoms with Crippen LogP contribution in [0.3, 0.4) is 0 Å². The van der Waals surface area contributed by atoms with Gasteiger partial charge in [0.1, 0.15) is 0 Å². The summed E-state index contributed by atoms with van der Waals surface area (Å²) >= 11 is 0. The van der Waals surface area contributed by atoms with Gasteiger partial charge in [-0.2, -0.15) is 0 Å². The number of hydrogen-bond donors (Lipinski definition) is 2. The number of esters is 1. The zero-order valence-corrected chi connectivity index (χ0v) is 18.6. The van der Waals surface area contributed by atoms with Crippen molar-refractivity contribution in [2.75, 3.05) is 17.2 Å². The minimum atomic E-state index is -4.01. The Morgan fingerprint density at radius 3 is 2.12 bits per heavy atom. The lowest BCUT2D eigenvalue weighted by Crippen LogP contribution is -2.22. The van der Waals surface area contributed by atoms with E-state index in [0.717, 1.165) is 6.07 Å². The van der Waals surface area contributed by atoms with Crippen LogP contribution >= 0.6 is 0 Å².